The van der Waals surface area contributed by atoms with Gasteiger partial charge in [-0.25, -0.2) is 53.3 Å². The molecule has 3 aromatic carbocycles. The summed E-state index contributed by atoms with van der Waals surface area (Å²) < 4.78 is 39.9. The summed E-state index contributed by atoms with van der Waals surface area (Å²) in [4.78, 5) is 113. The van der Waals surface area contributed by atoms with Crippen LogP contribution in [0.2, 0.25) is 5.02 Å². The SMILES string of the molecule is CN1C(=O)COCC12CCN(C(=O)c1cc3cc(Nc4nccc(-c5cn(C)cn5)n4)ccc3[nH]1)CC2.Cn1cnc(-c2ccnc(Nc3cc(Cl)c4[nH]c(C(=O)N5CCS(=O)(=O)CC5)cc4c3)n2)c1.Cn1cnc(-c2ccnc(Nc3ccc4[nH]c(C(=O)N5CCN(CCN6CCOCC6)CC5)cc4c3)n2)c1. The minimum absolute atomic E-state index is 0.0000772. The molecule has 558 valence electrons. The van der Waals surface area contributed by atoms with Crippen molar-refractivity contribution in [1.29, 1.82) is 0 Å². The van der Waals surface area contributed by atoms with E-state index in [1.54, 1.807) is 55.8 Å². The zero-order valence-electron chi connectivity index (χ0n) is 60.0. The zero-order chi connectivity index (χ0) is 74.6. The molecule has 0 atom stereocenters. The second-order valence-corrected chi connectivity index (χ2v) is 30.2. The fourth-order valence-electron chi connectivity index (χ4n) is 13.8. The number of piperazine rings is 1. The number of morpholine rings is 2. The summed E-state index contributed by atoms with van der Waals surface area (Å²) in [5.74, 6) is 1.05. The monoisotopic (exact) mass is 1500 g/mol. The zero-order valence-corrected chi connectivity index (χ0v) is 61.6. The predicted octanol–water partition coefficient (Wildman–Crippen LogP) is 7.38. The van der Waals surface area contributed by atoms with Gasteiger partial charge in [0.2, 0.25) is 23.8 Å². The molecule has 6 N–H and O–H groups in total. The predicted molar refractivity (Wildman–Crippen MR) is 408 cm³/mol. The Morgan fingerprint density at radius 2 is 0.926 bits per heavy atom. The highest BCUT2D eigenvalue weighted by molar-refractivity contribution is 7.91. The molecule has 5 fully saturated rings. The molecule has 14 heterocycles. The van der Waals surface area contributed by atoms with Gasteiger partial charge in [-0.05, 0) is 97.8 Å². The minimum atomic E-state index is -3.07. The van der Waals surface area contributed by atoms with Crippen LogP contribution in [0.3, 0.4) is 0 Å². The fraction of sp³-hybridized carbons (Fsp3) is 0.338. The summed E-state index contributed by atoms with van der Waals surface area (Å²) >= 11 is 6.47. The normalized spacial score (nSPS) is 16.8. The number of hydrogen-bond donors (Lipinski definition) is 6. The number of nitrogens with zero attached hydrogens (tertiary/aromatic N) is 18. The highest BCUT2D eigenvalue weighted by Crippen LogP contribution is 2.34. The molecule has 5 aliphatic heterocycles. The number of benzene rings is 3. The number of likely N-dealkylation sites (tertiary alicyclic amines) is 1. The van der Waals surface area contributed by atoms with Crippen LogP contribution in [-0.4, -0.2) is 264 Å². The molecule has 108 heavy (non-hydrogen) atoms. The van der Waals surface area contributed by atoms with Gasteiger partial charge in [0.25, 0.3) is 17.7 Å². The van der Waals surface area contributed by atoms with Crippen molar-refractivity contribution in [1.82, 2.24) is 103 Å². The van der Waals surface area contributed by atoms with E-state index < -0.39 is 9.84 Å². The average Bonchev–Trinajstić information content (AvgIpc) is 1.11. The summed E-state index contributed by atoms with van der Waals surface area (Å²) in [6.45, 7) is 11.3. The first-order chi connectivity index (χ1) is 52.3. The van der Waals surface area contributed by atoms with Crippen molar-refractivity contribution in [3.05, 3.63) is 163 Å². The van der Waals surface area contributed by atoms with Crippen LogP contribution in [0.5, 0.6) is 0 Å². The smallest absolute Gasteiger partial charge is 0.270 e. The van der Waals surface area contributed by atoms with Crippen molar-refractivity contribution < 1.29 is 37.1 Å². The lowest BCUT2D eigenvalue weighted by Gasteiger charge is -2.49. The van der Waals surface area contributed by atoms with Gasteiger partial charge in [0.05, 0.1) is 83.5 Å². The van der Waals surface area contributed by atoms with Gasteiger partial charge in [0.1, 0.15) is 40.8 Å². The number of nitrogens with one attached hydrogen (secondary N) is 6. The second-order valence-electron chi connectivity index (χ2n) is 27.5. The van der Waals surface area contributed by atoms with E-state index in [9.17, 15) is 27.6 Å². The quantitative estimate of drug-likeness (QED) is 0.0582. The first-order valence-electron chi connectivity index (χ1n) is 35.6. The average molecular weight is 1500 g/mol. The Morgan fingerprint density at radius 1 is 0.491 bits per heavy atom. The largest absolute Gasteiger partial charge is 0.379 e. The van der Waals surface area contributed by atoms with Crippen molar-refractivity contribution >= 4 is 113 Å². The van der Waals surface area contributed by atoms with Gasteiger partial charge >= 0.3 is 0 Å². The molecule has 34 heteroatoms. The summed E-state index contributed by atoms with van der Waals surface area (Å²) in [6.07, 6.45) is 17.3. The van der Waals surface area contributed by atoms with Crippen LogP contribution in [0.25, 0.3) is 66.9 Å². The van der Waals surface area contributed by atoms with Crippen molar-refractivity contribution in [2.24, 2.45) is 21.1 Å². The number of piperidine rings is 1. The van der Waals surface area contributed by atoms with E-state index >= 15 is 0 Å². The van der Waals surface area contributed by atoms with E-state index in [1.165, 1.54) is 4.90 Å². The number of aryl methyl sites for hydroxylation is 3. The number of anilines is 6. The van der Waals surface area contributed by atoms with Crippen molar-refractivity contribution in [2.75, 3.05) is 139 Å². The summed E-state index contributed by atoms with van der Waals surface area (Å²) in [6, 6.07) is 26.3. The number of likely N-dealkylation sites (N-methyl/N-ethyl adjacent to an activating group) is 1. The van der Waals surface area contributed by atoms with Crippen LogP contribution < -0.4 is 16.0 Å². The van der Waals surface area contributed by atoms with E-state index in [-0.39, 0.29) is 60.4 Å². The maximum atomic E-state index is 13.3. The Morgan fingerprint density at radius 3 is 1.41 bits per heavy atom. The number of hydrogen-bond acceptors (Lipinski definition) is 22. The van der Waals surface area contributed by atoms with Gasteiger partial charge in [0, 0.05) is 188 Å². The fourth-order valence-corrected chi connectivity index (χ4v) is 15.3. The van der Waals surface area contributed by atoms with Crippen molar-refractivity contribution in [3.63, 3.8) is 0 Å². The van der Waals surface area contributed by atoms with Crippen LogP contribution in [0, 0.1) is 0 Å². The molecule has 5 aliphatic rings. The number of aromatic amines is 3. The van der Waals surface area contributed by atoms with Gasteiger partial charge in [-0.2, -0.15) is 0 Å². The molecular formula is C74H81ClN24O8S. The Bertz CT molecular complexity index is 5400. The summed E-state index contributed by atoms with van der Waals surface area (Å²) in [5.41, 5.74) is 10.4. The molecule has 12 aromatic rings. The van der Waals surface area contributed by atoms with Gasteiger partial charge in [-0.15, -0.1) is 0 Å². The first-order valence-corrected chi connectivity index (χ1v) is 37.8. The van der Waals surface area contributed by atoms with Crippen LogP contribution >= 0.6 is 11.6 Å². The molecule has 17 rings (SSSR count). The van der Waals surface area contributed by atoms with Crippen molar-refractivity contribution in [2.45, 2.75) is 18.4 Å². The molecule has 0 unspecified atom stereocenters. The number of H-pyrrole nitrogens is 3. The minimum Gasteiger partial charge on any atom is -0.379 e. The number of amides is 4. The molecule has 0 saturated carbocycles. The molecule has 1 spiro atoms. The van der Waals surface area contributed by atoms with E-state index in [0.29, 0.717) is 89.4 Å². The third-order valence-corrected chi connectivity index (χ3v) is 21.9. The molecule has 0 radical (unpaired) electrons. The first kappa shape index (κ1) is 72.1. The highest BCUT2D eigenvalue weighted by Gasteiger charge is 2.44. The molecule has 0 aliphatic carbocycles. The number of carbonyl (C=O) groups excluding carboxylic acids is 4. The topological polar surface area (TPSA) is 355 Å². The summed E-state index contributed by atoms with van der Waals surface area (Å²) in [7, 11) is 4.50. The third kappa shape index (κ3) is 16.5. The second kappa shape index (κ2) is 31.1. The maximum absolute atomic E-state index is 13.3. The number of imidazole rings is 3. The summed E-state index contributed by atoms with van der Waals surface area (Å²) in [5, 5.41) is 12.7. The lowest BCUT2D eigenvalue weighted by Crippen LogP contribution is -2.62. The molecule has 0 bridgehead atoms. The number of sulfone groups is 1. The lowest BCUT2D eigenvalue weighted by molar-refractivity contribution is -0.158. The van der Waals surface area contributed by atoms with Crippen molar-refractivity contribution in [3.8, 4) is 34.2 Å². The number of carbonyl (C=O) groups is 4. The molecule has 4 amide bonds. The molecule has 32 nitrogen and oxygen atoms in total. The van der Waals surface area contributed by atoms with Gasteiger partial charge in [-0.3, -0.25) is 29.0 Å². The lowest BCUT2D eigenvalue weighted by atomic mass is 9.85. The number of fused-ring (bicyclic) bond motifs is 3. The number of aromatic nitrogens is 15. The Balaban J connectivity index is 0.000000130. The molecular weight excluding hydrogens is 1420 g/mol. The third-order valence-electron chi connectivity index (χ3n) is 20.0. The van der Waals surface area contributed by atoms with Gasteiger partial charge in [0.15, 0.2) is 9.84 Å². The van der Waals surface area contributed by atoms with Crippen LogP contribution in [0.1, 0.15) is 44.3 Å². The maximum Gasteiger partial charge on any atom is 0.270 e. The Labute approximate surface area is 625 Å². The van der Waals surface area contributed by atoms with Crippen LogP contribution in [0.15, 0.2) is 141 Å². The Hall–Kier alpha value is -11.5. The number of halogens is 1. The Kier molecular flexibility index (Phi) is 20.8. The standard InChI is InChI=1S/C27H33N9O2.C26H28N8O3.C21H20ClN7O3S/c1-33-18-25(29-19-33)23-4-5-28-27(32-23)30-21-2-3-22-20(16-21)17-24(31-22)26(37)36-10-8-34(9-11-36)6-7-35-12-14-38-15-13-35;1-32-13-22(28-16-32)20-5-8-27-25(31-20)29-18-3-4-19-17(11-18)12-21(30-19)24(36)34-9-6-26(7-10-34)15-37-14-23(35)33(26)2;1-28-11-18(24-12-28)16-2-3-23-21(27-16)25-14-8-13-9-17(26-19(13)15(22)10-14)20(30)29-4-6-33(31,32)7-5-29/h2-5,16-19,31H,6-15H2,1H3,(H,28,30,32);3-5,8,11-13,16,30H,6-7,9-10,14-15H2,1-2H3,(H,27,29,31);2-3,8-12,26H,4-7H2,1H3,(H,23,25,27). The highest BCUT2D eigenvalue weighted by atomic mass is 35.5. The van der Waals surface area contributed by atoms with E-state index in [2.05, 4.69) is 85.6 Å². The van der Waals surface area contributed by atoms with E-state index in [4.69, 9.17) is 21.1 Å². The molecule has 5 saturated heterocycles. The van der Waals surface area contributed by atoms with E-state index in [0.717, 1.165) is 133 Å². The van der Waals surface area contributed by atoms with E-state index in [1.807, 2.05) is 142 Å². The van der Waals surface area contributed by atoms with Gasteiger partial charge in [-0.1, -0.05) is 11.6 Å². The van der Waals surface area contributed by atoms with Crippen LogP contribution in [-0.2, 0) is 45.2 Å². The van der Waals surface area contributed by atoms with Gasteiger partial charge < -0.3 is 73.7 Å². The number of rotatable bonds is 15. The van der Waals surface area contributed by atoms with Crippen LogP contribution in [0.4, 0.5) is 34.9 Å². The number of ether oxygens (including phenoxy) is 2. The molecule has 9 aromatic heterocycles.